The van der Waals surface area contributed by atoms with Crippen LogP contribution in [0, 0.1) is 6.92 Å². The molecule has 0 unspecified atom stereocenters. The molecule has 19 heavy (non-hydrogen) atoms. The Bertz CT molecular complexity index is 645. The van der Waals surface area contributed by atoms with Gasteiger partial charge in [0.05, 0.1) is 20.6 Å². The molecule has 1 heterocycles. The molecule has 2 aromatic rings. The Balaban J connectivity index is 2.82. The quantitative estimate of drug-likeness (QED) is 0.809. The lowest BCUT2D eigenvalue weighted by atomic mass is 9.93. The number of hydrogen-bond acceptors (Lipinski definition) is 2. The van der Waals surface area contributed by atoms with Crippen LogP contribution in [0.3, 0.4) is 0 Å². The average molecular weight is 318 g/mol. The fourth-order valence-corrected chi connectivity index (χ4v) is 2.92. The lowest BCUT2D eigenvalue weighted by Gasteiger charge is -2.20. The molecular weight excluding hydrogens is 303 g/mol. The van der Waals surface area contributed by atoms with Gasteiger partial charge in [-0.2, -0.15) is 0 Å². The SMILES string of the molecule is Cc1cc(CC(C)(C)N)c2c(Cl)c(Cl)cc(Cl)c2n1. The van der Waals surface area contributed by atoms with Gasteiger partial charge in [-0.1, -0.05) is 34.8 Å². The van der Waals surface area contributed by atoms with Crippen molar-refractivity contribution >= 4 is 45.7 Å². The van der Waals surface area contributed by atoms with Crippen molar-refractivity contribution in [3.63, 3.8) is 0 Å². The molecule has 0 atom stereocenters. The van der Waals surface area contributed by atoms with Gasteiger partial charge >= 0.3 is 0 Å². The minimum Gasteiger partial charge on any atom is -0.325 e. The molecule has 102 valence electrons. The summed E-state index contributed by atoms with van der Waals surface area (Å²) in [5, 5.41) is 2.21. The molecule has 0 bridgehead atoms. The van der Waals surface area contributed by atoms with E-state index >= 15 is 0 Å². The second-order valence-electron chi connectivity index (χ2n) is 5.47. The van der Waals surface area contributed by atoms with Crippen molar-refractivity contribution in [1.29, 1.82) is 0 Å². The molecule has 0 aliphatic carbocycles. The lowest BCUT2D eigenvalue weighted by Crippen LogP contribution is -2.34. The number of fused-ring (bicyclic) bond motifs is 1. The zero-order valence-electron chi connectivity index (χ0n) is 11.0. The van der Waals surface area contributed by atoms with Crippen molar-refractivity contribution in [3.05, 3.63) is 38.5 Å². The van der Waals surface area contributed by atoms with Gasteiger partial charge in [0.1, 0.15) is 0 Å². The van der Waals surface area contributed by atoms with Crippen LogP contribution in [0.4, 0.5) is 0 Å². The van der Waals surface area contributed by atoms with E-state index in [2.05, 4.69) is 4.98 Å². The van der Waals surface area contributed by atoms with Crippen LogP contribution in [0.5, 0.6) is 0 Å². The first-order valence-electron chi connectivity index (χ1n) is 5.91. The van der Waals surface area contributed by atoms with Crippen molar-refractivity contribution in [3.8, 4) is 0 Å². The van der Waals surface area contributed by atoms with Crippen molar-refractivity contribution in [1.82, 2.24) is 4.98 Å². The van der Waals surface area contributed by atoms with E-state index in [1.807, 2.05) is 26.8 Å². The molecule has 0 amide bonds. The zero-order chi connectivity index (χ0) is 14.4. The number of aromatic nitrogens is 1. The number of nitrogens with zero attached hydrogens (tertiary/aromatic N) is 1. The second-order valence-corrected chi connectivity index (χ2v) is 6.66. The van der Waals surface area contributed by atoms with Crippen molar-refractivity contribution in [2.75, 3.05) is 0 Å². The van der Waals surface area contributed by atoms with Crippen LogP contribution < -0.4 is 5.73 Å². The number of halogens is 3. The molecular formula is C14H15Cl3N2. The molecule has 2 N–H and O–H groups in total. The predicted octanol–water partition coefficient (Wildman–Crippen LogP) is 4.78. The summed E-state index contributed by atoms with van der Waals surface area (Å²) in [5.41, 5.74) is 8.33. The first-order chi connectivity index (χ1) is 8.69. The standard InChI is InChI=1S/C14H15Cl3N2/c1-7-4-8(6-14(2,3)18)11-12(17)9(15)5-10(16)13(11)19-7/h4-5H,6,18H2,1-3H3. The first kappa shape index (κ1) is 14.9. The molecule has 5 heteroatoms. The van der Waals surface area contributed by atoms with Gasteiger partial charge in [0.15, 0.2) is 0 Å². The molecule has 0 spiro atoms. The number of rotatable bonds is 2. The van der Waals surface area contributed by atoms with Gasteiger partial charge in [0.2, 0.25) is 0 Å². The summed E-state index contributed by atoms with van der Waals surface area (Å²) in [5.74, 6) is 0. The van der Waals surface area contributed by atoms with E-state index in [1.54, 1.807) is 6.07 Å². The van der Waals surface area contributed by atoms with Crippen molar-refractivity contribution < 1.29 is 0 Å². The van der Waals surface area contributed by atoms with E-state index in [1.165, 1.54) is 0 Å². The number of aryl methyl sites for hydroxylation is 1. The van der Waals surface area contributed by atoms with Gasteiger partial charge < -0.3 is 5.73 Å². The summed E-state index contributed by atoms with van der Waals surface area (Å²) in [6.07, 6.45) is 0.670. The van der Waals surface area contributed by atoms with Gasteiger partial charge in [0.25, 0.3) is 0 Å². The third kappa shape index (κ3) is 3.14. The van der Waals surface area contributed by atoms with Gasteiger partial charge in [-0.05, 0) is 44.9 Å². The molecule has 2 rings (SSSR count). The monoisotopic (exact) mass is 316 g/mol. The Morgan fingerprint density at radius 2 is 1.79 bits per heavy atom. The summed E-state index contributed by atoms with van der Waals surface area (Å²) in [4.78, 5) is 4.45. The maximum Gasteiger partial charge on any atom is 0.0910 e. The molecule has 2 nitrogen and oxygen atoms in total. The van der Waals surface area contributed by atoms with Crippen LogP contribution in [0.1, 0.15) is 25.1 Å². The Hall–Kier alpha value is -0.540. The normalized spacial score (nSPS) is 12.2. The van der Waals surface area contributed by atoms with Crippen LogP contribution in [-0.4, -0.2) is 10.5 Å². The van der Waals surface area contributed by atoms with E-state index in [0.717, 1.165) is 16.6 Å². The Labute approximate surface area is 127 Å². The number of pyridine rings is 1. The van der Waals surface area contributed by atoms with E-state index in [-0.39, 0.29) is 5.54 Å². The molecule has 0 radical (unpaired) electrons. The Kier molecular flexibility index (Phi) is 3.99. The van der Waals surface area contributed by atoms with Gasteiger partial charge in [-0.25, -0.2) is 0 Å². The summed E-state index contributed by atoms with van der Waals surface area (Å²) in [7, 11) is 0. The summed E-state index contributed by atoms with van der Waals surface area (Å²) < 4.78 is 0. The minimum atomic E-state index is -0.348. The number of hydrogen-bond donors (Lipinski definition) is 1. The second kappa shape index (κ2) is 5.10. The van der Waals surface area contributed by atoms with Crippen LogP contribution >= 0.6 is 34.8 Å². The summed E-state index contributed by atoms with van der Waals surface area (Å²) >= 11 is 18.6. The van der Waals surface area contributed by atoms with Crippen LogP contribution in [0.15, 0.2) is 12.1 Å². The van der Waals surface area contributed by atoms with E-state index in [4.69, 9.17) is 40.5 Å². The summed E-state index contributed by atoms with van der Waals surface area (Å²) in [6.45, 7) is 5.86. The largest absolute Gasteiger partial charge is 0.325 e. The topological polar surface area (TPSA) is 38.9 Å². The molecule has 0 aliphatic rings. The zero-order valence-corrected chi connectivity index (χ0v) is 13.3. The highest BCUT2D eigenvalue weighted by Gasteiger charge is 2.19. The predicted molar refractivity (Wildman–Crippen MR) is 83.5 cm³/mol. The highest BCUT2D eigenvalue weighted by Crippen LogP contribution is 2.37. The van der Waals surface area contributed by atoms with E-state index in [0.29, 0.717) is 27.0 Å². The van der Waals surface area contributed by atoms with Crippen molar-refractivity contribution in [2.45, 2.75) is 32.7 Å². The van der Waals surface area contributed by atoms with Crippen LogP contribution in [-0.2, 0) is 6.42 Å². The first-order valence-corrected chi connectivity index (χ1v) is 7.05. The van der Waals surface area contributed by atoms with Gasteiger partial charge in [-0.15, -0.1) is 0 Å². The fourth-order valence-electron chi connectivity index (χ4n) is 2.15. The molecule has 0 aliphatic heterocycles. The maximum absolute atomic E-state index is 6.31. The average Bonchev–Trinajstić information content (AvgIpc) is 2.23. The third-order valence-corrected chi connectivity index (χ3v) is 3.86. The van der Waals surface area contributed by atoms with Crippen molar-refractivity contribution in [2.24, 2.45) is 5.73 Å². The molecule has 1 aromatic carbocycles. The Morgan fingerprint density at radius 1 is 1.16 bits per heavy atom. The maximum atomic E-state index is 6.31. The summed E-state index contributed by atoms with van der Waals surface area (Å²) in [6, 6.07) is 3.60. The number of nitrogens with two attached hydrogens (primary N) is 1. The highest BCUT2D eigenvalue weighted by atomic mass is 35.5. The van der Waals surface area contributed by atoms with Crippen LogP contribution in [0.25, 0.3) is 10.9 Å². The Morgan fingerprint density at radius 3 is 2.37 bits per heavy atom. The minimum absolute atomic E-state index is 0.348. The lowest BCUT2D eigenvalue weighted by molar-refractivity contribution is 0.518. The smallest absolute Gasteiger partial charge is 0.0910 e. The molecule has 1 aromatic heterocycles. The molecule has 0 fully saturated rings. The molecule has 0 saturated carbocycles. The third-order valence-electron chi connectivity index (χ3n) is 2.78. The van der Waals surface area contributed by atoms with E-state index < -0.39 is 0 Å². The number of benzene rings is 1. The highest BCUT2D eigenvalue weighted by molar-refractivity contribution is 6.47. The van der Waals surface area contributed by atoms with E-state index in [9.17, 15) is 0 Å². The molecule has 0 saturated heterocycles. The fraction of sp³-hybridized carbons (Fsp3) is 0.357. The van der Waals surface area contributed by atoms with Gasteiger partial charge in [-0.3, -0.25) is 4.98 Å². The van der Waals surface area contributed by atoms with Gasteiger partial charge in [0, 0.05) is 16.6 Å². The van der Waals surface area contributed by atoms with Crippen LogP contribution in [0.2, 0.25) is 15.1 Å².